The van der Waals surface area contributed by atoms with E-state index in [4.69, 9.17) is 0 Å². The Labute approximate surface area is 73.6 Å². The zero-order valence-corrected chi connectivity index (χ0v) is 8.09. The third-order valence-corrected chi connectivity index (χ3v) is 1.42. The summed E-state index contributed by atoms with van der Waals surface area (Å²) in [5, 5.41) is 0. The molecule has 1 aromatic rings. The summed E-state index contributed by atoms with van der Waals surface area (Å²) < 4.78 is 0. The Bertz CT molecular complexity index is 256. The van der Waals surface area contributed by atoms with Crippen molar-refractivity contribution >= 4 is 5.78 Å². The Balaban J connectivity index is 0.000000561. The van der Waals surface area contributed by atoms with E-state index in [2.05, 4.69) is 4.98 Å². The molecule has 0 fully saturated rings. The van der Waals surface area contributed by atoms with Crippen molar-refractivity contribution in [1.82, 2.24) is 4.98 Å². The van der Waals surface area contributed by atoms with Crippen LogP contribution in [0.15, 0.2) is 18.5 Å². The van der Waals surface area contributed by atoms with Crippen LogP contribution < -0.4 is 0 Å². The molecule has 0 N–H and O–H groups in total. The number of carbonyl (C=O) groups is 1. The van der Waals surface area contributed by atoms with Crippen molar-refractivity contribution in [3.8, 4) is 0 Å². The molecule has 0 aliphatic carbocycles. The summed E-state index contributed by atoms with van der Waals surface area (Å²) in [5.41, 5.74) is 1.70. The molecule has 1 heterocycles. The zero-order chi connectivity index (χ0) is 9.56. The summed E-state index contributed by atoms with van der Waals surface area (Å²) in [6, 6.07) is 1.83. The molecule has 0 aliphatic heterocycles. The van der Waals surface area contributed by atoms with Gasteiger partial charge in [-0.2, -0.15) is 0 Å². The largest absolute Gasteiger partial charge is 0.294 e. The molecule has 0 amide bonds. The van der Waals surface area contributed by atoms with E-state index in [0.717, 1.165) is 5.56 Å². The Morgan fingerprint density at radius 3 is 2.33 bits per heavy atom. The van der Waals surface area contributed by atoms with Crippen LogP contribution in [0.5, 0.6) is 0 Å². The number of ketones is 1. The molecule has 0 bridgehead atoms. The molecular formula is C10H15NO. The summed E-state index contributed by atoms with van der Waals surface area (Å²) in [7, 11) is 0. The van der Waals surface area contributed by atoms with Gasteiger partial charge < -0.3 is 0 Å². The van der Waals surface area contributed by atoms with Crippen molar-refractivity contribution < 1.29 is 4.79 Å². The van der Waals surface area contributed by atoms with Crippen molar-refractivity contribution in [2.75, 3.05) is 0 Å². The number of hydrogen-bond donors (Lipinski definition) is 0. The maximum absolute atomic E-state index is 10.8. The fourth-order valence-electron chi connectivity index (χ4n) is 0.833. The number of aryl methyl sites for hydroxylation is 1. The van der Waals surface area contributed by atoms with Crippen molar-refractivity contribution in [3.63, 3.8) is 0 Å². The minimum Gasteiger partial charge on any atom is -0.294 e. The van der Waals surface area contributed by atoms with E-state index in [1.54, 1.807) is 19.3 Å². The molecule has 1 rings (SSSR count). The number of hydrogen-bond acceptors (Lipinski definition) is 2. The molecule has 0 unspecified atom stereocenters. The SMILES string of the molecule is CC.CC(=O)c1cnccc1C. The Kier molecular flexibility index (Phi) is 4.93. The van der Waals surface area contributed by atoms with Gasteiger partial charge in [0.05, 0.1) is 0 Å². The van der Waals surface area contributed by atoms with E-state index < -0.39 is 0 Å². The van der Waals surface area contributed by atoms with E-state index in [9.17, 15) is 4.79 Å². The van der Waals surface area contributed by atoms with Crippen molar-refractivity contribution in [2.24, 2.45) is 0 Å². The fourth-order valence-corrected chi connectivity index (χ4v) is 0.833. The van der Waals surface area contributed by atoms with Crippen molar-refractivity contribution in [3.05, 3.63) is 29.6 Å². The minimum absolute atomic E-state index is 0.0746. The van der Waals surface area contributed by atoms with Crippen LogP contribution in [-0.4, -0.2) is 10.8 Å². The lowest BCUT2D eigenvalue weighted by molar-refractivity contribution is 0.101. The van der Waals surface area contributed by atoms with Crippen LogP contribution >= 0.6 is 0 Å². The van der Waals surface area contributed by atoms with Crippen LogP contribution in [-0.2, 0) is 0 Å². The maximum atomic E-state index is 10.8. The van der Waals surface area contributed by atoms with Crippen LogP contribution in [0.3, 0.4) is 0 Å². The van der Waals surface area contributed by atoms with Crippen LogP contribution in [0.25, 0.3) is 0 Å². The van der Waals surface area contributed by atoms with E-state index in [-0.39, 0.29) is 5.78 Å². The topological polar surface area (TPSA) is 30.0 Å². The highest BCUT2D eigenvalue weighted by atomic mass is 16.1. The molecule has 0 atom stereocenters. The van der Waals surface area contributed by atoms with Gasteiger partial charge in [0.2, 0.25) is 0 Å². The second-order valence-electron chi connectivity index (χ2n) is 2.25. The molecule has 0 saturated heterocycles. The van der Waals surface area contributed by atoms with Gasteiger partial charge in [-0.1, -0.05) is 13.8 Å². The van der Waals surface area contributed by atoms with Crippen LogP contribution in [0.2, 0.25) is 0 Å². The van der Waals surface area contributed by atoms with Crippen LogP contribution in [0.1, 0.15) is 36.7 Å². The molecule has 0 radical (unpaired) electrons. The average molecular weight is 165 g/mol. The van der Waals surface area contributed by atoms with Crippen molar-refractivity contribution in [2.45, 2.75) is 27.7 Å². The molecule has 66 valence electrons. The van der Waals surface area contributed by atoms with Gasteiger partial charge in [-0.3, -0.25) is 9.78 Å². The number of pyridine rings is 1. The summed E-state index contributed by atoms with van der Waals surface area (Å²) in [5.74, 6) is 0.0746. The standard InChI is InChI=1S/C8H9NO.C2H6/c1-6-3-4-9-5-8(6)7(2)10;1-2/h3-5H,1-2H3;1-2H3. The van der Waals surface area contributed by atoms with E-state index in [0.29, 0.717) is 5.56 Å². The Hall–Kier alpha value is -1.18. The average Bonchev–Trinajstić information content (AvgIpc) is 2.08. The van der Waals surface area contributed by atoms with Gasteiger partial charge in [0.15, 0.2) is 5.78 Å². The fraction of sp³-hybridized carbons (Fsp3) is 0.400. The first-order valence-electron chi connectivity index (χ1n) is 4.13. The summed E-state index contributed by atoms with van der Waals surface area (Å²) in [6.07, 6.45) is 3.28. The first-order chi connectivity index (χ1) is 5.72. The molecule has 0 aromatic carbocycles. The van der Waals surface area contributed by atoms with Crippen LogP contribution in [0, 0.1) is 6.92 Å². The molecule has 0 aliphatic rings. The summed E-state index contributed by atoms with van der Waals surface area (Å²) in [6.45, 7) is 7.45. The second kappa shape index (κ2) is 5.47. The van der Waals surface area contributed by atoms with Gasteiger partial charge >= 0.3 is 0 Å². The van der Waals surface area contributed by atoms with E-state index in [1.807, 2.05) is 26.8 Å². The highest BCUT2D eigenvalue weighted by Crippen LogP contribution is 2.04. The molecule has 1 aromatic heterocycles. The van der Waals surface area contributed by atoms with Gasteiger partial charge in [0.25, 0.3) is 0 Å². The van der Waals surface area contributed by atoms with Gasteiger partial charge in [-0.25, -0.2) is 0 Å². The highest BCUT2D eigenvalue weighted by Gasteiger charge is 2.00. The van der Waals surface area contributed by atoms with Gasteiger partial charge in [0, 0.05) is 18.0 Å². The molecule has 12 heavy (non-hydrogen) atoms. The minimum atomic E-state index is 0.0746. The van der Waals surface area contributed by atoms with Gasteiger partial charge in [0.1, 0.15) is 0 Å². The molecule has 2 heteroatoms. The van der Waals surface area contributed by atoms with Gasteiger partial charge in [-0.15, -0.1) is 0 Å². The van der Waals surface area contributed by atoms with Crippen molar-refractivity contribution in [1.29, 1.82) is 0 Å². The maximum Gasteiger partial charge on any atom is 0.161 e. The number of rotatable bonds is 1. The van der Waals surface area contributed by atoms with Crippen LogP contribution in [0.4, 0.5) is 0 Å². The monoisotopic (exact) mass is 165 g/mol. The zero-order valence-electron chi connectivity index (χ0n) is 8.09. The first kappa shape index (κ1) is 10.8. The normalized spacial score (nSPS) is 8.33. The molecular weight excluding hydrogens is 150 g/mol. The Morgan fingerprint density at radius 2 is 2.00 bits per heavy atom. The number of Topliss-reactive ketones (excluding diaryl/α,β-unsaturated/α-hetero) is 1. The van der Waals surface area contributed by atoms with Gasteiger partial charge in [-0.05, 0) is 25.5 Å². The Morgan fingerprint density at radius 1 is 1.42 bits per heavy atom. The summed E-state index contributed by atoms with van der Waals surface area (Å²) in [4.78, 5) is 14.7. The quantitative estimate of drug-likeness (QED) is 0.599. The lowest BCUT2D eigenvalue weighted by atomic mass is 10.1. The smallest absolute Gasteiger partial charge is 0.161 e. The predicted molar refractivity (Wildman–Crippen MR) is 50.3 cm³/mol. The lowest BCUT2D eigenvalue weighted by Gasteiger charge is -1.96. The van der Waals surface area contributed by atoms with E-state index >= 15 is 0 Å². The number of carbonyl (C=O) groups excluding carboxylic acids is 1. The molecule has 0 spiro atoms. The van der Waals surface area contributed by atoms with E-state index in [1.165, 1.54) is 0 Å². The number of nitrogens with zero attached hydrogens (tertiary/aromatic N) is 1. The molecule has 2 nitrogen and oxygen atoms in total. The molecule has 0 saturated carbocycles. The third-order valence-electron chi connectivity index (χ3n) is 1.42. The predicted octanol–water partition coefficient (Wildman–Crippen LogP) is 2.62. The number of aromatic nitrogens is 1. The lowest BCUT2D eigenvalue weighted by Crippen LogP contribution is -1.95. The first-order valence-corrected chi connectivity index (χ1v) is 4.13. The highest BCUT2D eigenvalue weighted by molar-refractivity contribution is 5.95. The summed E-state index contributed by atoms with van der Waals surface area (Å²) >= 11 is 0. The third kappa shape index (κ3) is 2.82. The second-order valence-corrected chi connectivity index (χ2v) is 2.25.